The van der Waals surface area contributed by atoms with E-state index < -0.39 is 0 Å². The Balaban J connectivity index is 1.72. The van der Waals surface area contributed by atoms with Crippen LogP contribution in [-0.4, -0.2) is 33.3 Å². The highest BCUT2D eigenvalue weighted by molar-refractivity contribution is 5.89. The minimum atomic E-state index is -0.267. The fraction of sp³-hybridized carbons (Fsp3) is 0.312. The standard InChI is InChI=1S/C16H16FN5/c17-12-4-1-5-14-15(12)16(19-10-18-14)22-8-2-3-11(9-22)13-6-7-20-21-13/h1,4-7,10-11H,2-3,8-9H2,(H,20,21)/t11-/m1/s1. The van der Waals surface area contributed by atoms with E-state index >= 15 is 0 Å². The van der Waals surface area contributed by atoms with Crippen LogP contribution in [0, 0.1) is 5.82 Å². The van der Waals surface area contributed by atoms with Crippen LogP contribution < -0.4 is 4.90 Å². The number of nitrogens with one attached hydrogen (secondary N) is 1. The predicted molar refractivity (Wildman–Crippen MR) is 82.3 cm³/mol. The molecule has 0 spiro atoms. The van der Waals surface area contributed by atoms with Gasteiger partial charge >= 0.3 is 0 Å². The van der Waals surface area contributed by atoms with Crippen molar-refractivity contribution in [2.24, 2.45) is 0 Å². The number of hydrogen-bond donors (Lipinski definition) is 1. The van der Waals surface area contributed by atoms with E-state index in [0.29, 0.717) is 22.6 Å². The van der Waals surface area contributed by atoms with E-state index in [2.05, 4.69) is 25.1 Å². The van der Waals surface area contributed by atoms with Gasteiger partial charge in [-0.25, -0.2) is 14.4 Å². The van der Waals surface area contributed by atoms with Gasteiger partial charge in [0.25, 0.3) is 0 Å². The molecule has 0 bridgehead atoms. The van der Waals surface area contributed by atoms with Crippen LogP contribution in [0.2, 0.25) is 0 Å². The number of fused-ring (bicyclic) bond motifs is 1. The van der Waals surface area contributed by atoms with Gasteiger partial charge in [0.15, 0.2) is 0 Å². The van der Waals surface area contributed by atoms with Crippen LogP contribution in [-0.2, 0) is 0 Å². The molecule has 5 nitrogen and oxygen atoms in total. The van der Waals surface area contributed by atoms with E-state index in [4.69, 9.17) is 0 Å². The second kappa shape index (κ2) is 5.36. The lowest BCUT2D eigenvalue weighted by atomic mass is 9.94. The molecule has 112 valence electrons. The van der Waals surface area contributed by atoms with E-state index in [0.717, 1.165) is 31.6 Å². The van der Waals surface area contributed by atoms with Crippen molar-refractivity contribution in [3.63, 3.8) is 0 Å². The largest absolute Gasteiger partial charge is 0.355 e. The lowest BCUT2D eigenvalue weighted by molar-refractivity contribution is 0.498. The minimum absolute atomic E-state index is 0.267. The fourth-order valence-electron chi connectivity index (χ4n) is 3.21. The summed E-state index contributed by atoms with van der Waals surface area (Å²) in [4.78, 5) is 10.7. The van der Waals surface area contributed by atoms with Crippen LogP contribution in [0.15, 0.2) is 36.8 Å². The average Bonchev–Trinajstić information content (AvgIpc) is 3.09. The molecular formula is C16H16FN5. The molecule has 3 heterocycles. The lowest BCUT2D eigenvalue weighted by Gasteiger charge is -2.33. The first-order valence-electron chi connectivity index (χ1n) is 7.46. The summed E-state index contributed by atoms with van der Waals surface area (Å²) >= 11 is 0. The second-order valence-electron chi connectivity index (χ2n) is 5.63. The molecule has 3 aromatic rings. The number of hydrogen-bond acceptors (Lipinski definition) is 4. The average molecular weight is 297 g/mol. The van der Waals surface area contributed by atoms with Crippen molar-refractivity contribution in [2.45, 2.75) is 18.8 Å². The second-order valence-corrected chi connectivity index (χ2v) is 5.63. The van der Waals surface area contributed by atoms with Crippen LogP contribution in [0.1, 0.15) is 24.5 Å². The number of aromatic amines is 1. The Hall–Kier alpha value is -2.50. The Kier molecular flexibility index (Phi) is 3.21. The smallest absolute Gasteiger partial charge is 0.142 e. The molecule has 6 heteroatoms. The van der Waals surface area contributed by atoms with Gasteiger partial charge in [-0.15, -0.1) is 0 Å². The number of halogens is 1. The highest BCUT2D eigenvalue weighted by Gasteiger charge is 2.25. The highest BCUT2D eigenvalue weighted by atomic mass is 19.1. The third kappa shape index (κ3) is 2.20. The fourth-order valence-corrected chi connectivity index (χ4v) is 3.21. The number of H-pyrrole nitrogens is 1. The molecule has 0 amide bonds. The quantitative estimate of drug-likeness (QED) is 0.790. The summed E-state index contributed by atoms with van der Waals surface area (Å²) in [5, 5.41) is 7.58. The molecule has 1 atom stereocenters. The zero-order chi connectivity index (χ0) is 14.9. The number of piperidine rings is 1. The SMILES string of the molecule is Fc1cccc2ncnc(N3CCC[C@@H](c4ccn[nH]4)C3)c12. The van der Waals surface area contributed by atoms with Gasteiger partial charge in [0.1, 0.15) is 18.0 Å². The van der Waals surface area contributed by atoms with Crippen molar-refractivity contribution in [1.29, 1.82) is 0 Å². The number of anilines is 1. The zero-order valence-electron chi connectivity index (χ0n) is 12.0. The van der Waals surface area contributed by atoms with Crippen molar-refractivity contribution in [2.75, 3.05) is 18.0 Å². The number of nitrogens with zero attached hydrogens (tertiary/aromatic N) is 4. The molecule has 1 saturated heterocycles. The van der Waals surface area contributed by atoms with E-state index in [9.17, 15) is 4.39 Å². The van der Waals surface area contributed by atoms with Crippen molar-refractivity contribution < 1.29 is 4.39 Å². The highest BCUT2D eigenvalue weighted by Crippen LogP contribution is 2.32. The molecular weight excluding hydrogens is 281 g/mol. The van der Waals surface area contributed by atoms with Gasteiger partial charge in [-0.05, 0) is 31.0 Å². The zero-order valence-corrected chi connectivity index (χ0v) is 12.0. The maximum absolute atomic E-state index is 14.2. The molecule has 0 aliphatic carbocycles. The maximum Gasteiger partial charge on any atom is 0.142 e. The third-order valence-corrected chi connectivity index (χ3v) is 4.28. The number of aromatic nitrogens is 4. The molecule has 1 N–H and O–H groups in total. The summed E-state index contributed by atoms with van der Waals surface area (Å²) in [6.07, 6.45) is 5.43. The molecule has 0 radical (unpaired) electrons. The molecule has 1 aromatic carbocycles. The van der Waals surface area contributed by atoms with Gasteiger partial charge in [0.05, 0.1) is 10.9 Å². The summed E-state index contributed by atoms with van der Waals surface area (Å²) in [6.45, 7) is 1.69. The van der Waals surface area contributed by atoms with Crippen LogP contribution in [0.25, 0.3) is 10.9 Å². The Bertz CT molecular complexity index is 781. The summed E-state index contributed by atoms with van der Waals surface area (Å²) in [5.41, 5.74) is 1.78. The molecule has 2 aromatic heterocycles. The Labute approximate surface area is 127 Å². The Morgan fingerprint density at radius 2 is 2.18 bits per heavy atom. The third-order valence-electron chi connectivity index (χ3n) is 4.28. The van der Waals surface area contributed by atoms with Gasteiger partial charge in [-0.2, -0.15) is 5.10 Å². The lowest BCUT2D eigenvalue weighted by Crippen LogP contribution is -2.35. The Morgan fingerprint density at radius 1 is 1.23 bits per heavy atom. The first kappa shape index (κ1) is 13.2. The summed E-state index contributed by atoms with van der Waals surface area (Å²) in [5.74, 6) is 0.789. The first-order valence-corrected chi connectivity index (χ1v) is 7.46. The minimum Gasteiger partial charge on any atom is -0.355 e. The van der Waals surface area contributed by atoms with Crippen molar-refractivity contribution in [3.8, 4) is 0 Å². The Morgan fingerprint density at radius 3 is 3.05 bits per heavy atom. The molecule has 0 unspecified atom stereocenters. The van der Waals surface area contributed by atoms with Crippen molar-refractivity contribution in [3.05, 3.63) is 48.3 Å². The number of benzene rings is 1. The predicted octanol–water partition coefficient (Wildman–Crippen LogP) is 2.88. The summed E-state index contributed by atoms with van der Waals surface area (Å²) in [7, 11) is 0. The van der Waals surface area contributed by atoms with Crippen LogP contribution in [0.3, 0.4) is 0 Å². The van der Waals surface area contributed by atoms with E-state index in [-0.39, 0.29) is 5.82 Å². The van der Waals surface area contributed by atoms with Crippen LogP contribution >= 0.6 is 0 Å². The summed E-state index contributed by atoms with van der Waals surface area (Å²) < 4.78 is 14.2. The first-order chi connectivity index (χ1) is 10.8. The molecule has 1 fully saturated rings. The maximum atomic E-state index is 14.2. The van der Waals surface area contributed by atoms with Crippen LogP contribution in [0.5, 0.6) is 0 Å². The normalized spacial score (nSPS) is 18.8. The van der Waals surface area contributed by atoms with Gasteiger partial charge < -0.3 is 4.90 Å². The van der Waals surface area contributed by atoms with Crippen LogP contribution in [0.4, 0.5) is 10.2 Å². The van der Waals surface area contributed by atoms with Gasteiger partial charge in [-0.3, -0.25) is 5.10 Å². The van der Waals surface area contributed by atoms with Crippen molar-refractivity contribution in [1.82, 2.24) is 20.2 Å². The molecule has 1 aliphatic rings. The summed E-state index contributed by atoms with van der Waals surface area (Å²) in [6, 6.07) is 6.97. The molecule has 4 rings (SSSR count). The molecule has 0 saturated carbocycles. The van der Waals surface area contributed by atoms with Gasteiger partial charge in [-0.1, -0.05) is 6.07 Å². The van der Waals surface area contributed by atoms with Crippen molar-refractivity contribution >= 4 is 16.7 Å². The van der Waals surface area contributed by atoms with Gasteiger partial charge in [0, 0.05) is 30.9 Å². The van der Waals surface area contributed by atoms with E-state index in [1.807, 2.05) is 12.1 Å². The van der Waals surface area contributed by atoms with Gasteiger partial charge in [0.2, 0.25) is 0 Å². The topological polar surface area (TPSA) is 57.7 Å². The molecule has 1 aliphatic heterocycles. The number of rotatable bonds is 2. The van der Waals surface area contributed by atoms with E-state index in [1.165, 1.54) is 12.4 Å². The van der Waals surface area contributed by atoms with E-state index in [1.54, 1.807) is 12.3 Å². The monoisotopic (exact) mass is 297 g/mol. The molecule has 22 heavy (non-hydrogen) atoms.